The summed E-state index contributed by atoms with van der Waals surface area (Å²) in [5, 5.41) is 7.91. The van der Waals surface area contributed by atoms with E-state index in [0.717, 1.165) is 19.5 Å². The second-order valence-corrected chi connectivity index (χ2v) is 4.25. The summed E-state index contributed by atoms with van der Waals surface area (Å²) < 4.78 is 2.03. The van der Waals surface area contributed by atoms with Crippen molar-refractivity contribution >= 4 is 0 Å². The van der Waals surface area contributed by atoms with E-state index in [1.807, 2.05) is 23.1 Å². The third kappa shape index (κ3) is 2.76. The van der Waals surface area contributed by atoms with Gasteiger partial charge in [-0.25, -0.2) is 0 Å². The highest BCUT2D eigenvalue weighted by Gasteiger charge is 2.17. The van der Waals surface area contributed by atoms with Gasteiger partial charge in [0.15, 0.2) is 0 Å². The van der Waals surface area contributed by atoms with Gasteiger partial charge < -0.3 is 5.32 Å². The van der Waals surface area contributed by atoms with Gasteiger partial charge in [-0.1, -0.05) is 13.0 Å². The number of nitrogens with zero attached hydrogens (tertiary/aromatic N) is 3. The quantitative estimate of drug-likeness (QED) is 0.848. The van der Waals surface area contributed by atoms with E-state index in [-0.39, 0.29) is 6.04 Å². The van der Waals surface area contributed by atoms with E-state index in [2.05, 4.69) is 41.4 Å². The molecule has 0 aliphatic rings. The normalized spacial score (nSPS) is 12.6. The molecule has 0 aliphatic carbocycles. The maximum Gasteiger partial charge on any atom is 0.0763 e. The standard InChI is InChI=1S/C14H20N4/c1-3-8-16-14(12-6-5-9-15-11-12)13-7-10-17-18(13)4-2/h5-7,9-11,14,16H,3-4,8H2,1-2H3. The summed E-state index contributed by atoms with van der Waals surface area (Å²) >= 11 is 0. The summed E-state index contributed by atoms with van der Waals surface area (Å²) in [6.07, 6.45) is 6.69. The molecule has 1 atom stereocenters. The molecule has 2 rings (SSSR count). The molecule has 4 heteroatoms. The molecule has 0 aromatic carbocycles. The minimum absolute atomic E-state index is 0.168. The summed E-state index contributed by atoms with van der Waals surface area (Å²) in [5.74, 6) is 0. The summed E-state index contributed by atoms with van der Waals surface area (Å²) in [6.45, 7) is 6.14. The average Bonchev–Trinajstić information content (AvgIpc) is 2.89. The largest absolute Gasteiger partial charge is 0.305 e. The maximum atomic E-state index is 4.35. The molecule has 96 valence electrons. The molecular formula is C14H20N4. The van der Waals surface area contributed by atoms with E-state index in [4.69, 9.17) is 0 Å². The Morgan fingerprint density at radius 1 is 1.28 bits per heavy atom. The third-order valence-electron chi connectivity index (χ3n) is 2.96. The molecule has 0 amide bonds. The maximum absolute atomic E-state index is 4.35. The van der Waals surface area contributed by atoms with Crippen LogP contribution in [0.1, 0.15) is 37.6 Å². The van der Waals surface area contributed by atoms with Crippen molar-refractivity contribution < 1.29 is 0 Å². The molecule has 0 radical (unpaired) electrons. The molecule has 0 saturated heterocycles. The molecule has 0 bridgehead atoms. The fourth-order valence-electron chi connectivity index (χ4n) is 2.08. The van der Waals surface area contributed by atoms with Gasteiger partial charge in [-0.05, 0) is 37.6 Å². The van der Waals surface area contributed by atoms with E-state index >= 15 is 0 Å². The van der Waals surface area contributed by atoms with Crippen LogP contribution in [0.4, 0.5) is 0 Å². The van der Waals surface area contributed by atoms with Gasteiger partial charge in [-0.2, -0.15) is 5.10 Å². The van der Waals surface area contributed by atoms with E-state index in [1.54, 1.807) is 6.20 Å². The first kappa shape index (κ1) is 12.8. The van der Waals surface area contributed by atoms with Crippen molar-refractivity contribution in [2.45, 2.75) is 32.9 Å². The minimum Gasteiger partial charge on any atom is -0.305 e. The zero-order valence-corrected chi connectivity index (χ0v) is 11.0. The van der Waals surface area contributed by atoms with Crippen LogP contribution in [0.15, 0.2) is 36.8 Å². The Kier molecular flexibility index (Phi) is 4.47. The summed E-state index contributed by atoms with van der Waals surface area (Å²) in [5.41, 5.74) is 2.38. The molecule has 2 aromatic heterocycles. The lowest BCUT2D eigenvalue weighted by Crippen LogP contribution is -2.25. The van der Waals surface area contributed by atoms with Crippen LogP contribution in [-0.2, 0) is 6.54 Å². The lowest BCUT2D eigenvalue weighted by atomic mass is 10.1. The SMILES string of the molecule is CCCNC(c1cccnc1)c1ccnn1CC. The van der Waals surface area contributed by atoms with Gasteiger partial charge >= 0.3 is 0 Å². The topological polar surface area (TPSA) is 42.7 Å². The third-order valence-corrected chi connectivity index (χ3v) is 2.96. The average molecular weight is 244 g/mol. The van der Waals surface area contributed by atoms with Crippen molar-refractivity contribution in [1.29, 1.82) is 0 Å². The number of hydrogen-bond donors (Lipinski definition) is 1. The van der Waals surface area contributed by atoms with E-state index in [1.165, 1.54) is 11.3 Å². The fourth-order valence-corrected chi connectivity index (χ4v) is 2.08. The van der Waals surface area contributed by atoms with Crippen molar-refractivity contribution in [3.63, 3.8) is 0 Å². The van der Waals surface area contributed by atoms with Crippen molar-refractivity contribution in [2.75, 3.05) is 6.54 Å². The number of hydrogen-bond acceptors (Lipinski definition) is 3. The molecule has 0 aliphatic heterocycles. The highest BCUT2D eigenvalue weighted by Crippen LogP contribution is 2.20. The smallest absolute Gasteiger partial charge is 0.0763 e. The number of pyridine rings is 1. The molecular weight excluding hydrogens is 224 g/mol. The van der Waals surface area contributed by atoms with E-state index < -0.39 is 0 Å². The number of aromatic nitrogens is 3. The molecule has 0 saturated carbocycles. The zero-order chi connectivity index (χ0) is 12.8. The van der Waals surface area contributed by atoms with Crippen LogP contribution in [0.3, 0.4) is 0 Å². The first-order chi connectivity index (χ1) is 8.86. The predicted molar refractivity (Wildman–Crippen MR) is 72.3 cm³/mol. The van der Waals surface area contributed by atoms with Crippen LogP contribution >= 0.6 is 0 Å². The van der Waals surface area contributed by atoms with Crippen LogP contribution in [0.5, 0.6) is 0 Å². The Morgan fingerprint density at radius 3 is 2.83 bits per heavy atom. The highest BCUT2D eigenvalue weighted by atomic mass is 15.3. The molecule has 0 spiro atoms. The minimum atomic E-state index is 0.168. The second kappa shape index (κ2) is 6.31. The van der Waals surface area contributed by atoms with Crippen LogP contribution in [0.25, 0.3) is 0 Å². The van der Waals surface area contributed by atoms with Crippen LogP contribution in [-0.4, -0.2) is 21.3 Å². The summed E-state index contributed by atoms with van der Waals surface area (Å²) in [7, 11) is 0. The highest BCUT2D eigenvalue weighted by molar-refractivity contribution is 5.24. The van der Waals surface area contributed by atoms with Crippen LogP contribution in [0.2, 0.25) is 0 Å². The Balaban J connectivity index is 2.31. The van der Waals surface area contributed by atoms with Crippen molar-refractivity contribution in [3.05, 3.63) is 48.0 Å². The van der Waals surface area contributed by atoms with Gasteiger partial charge in [0, 0.05) is 25.1 Å². The first-order valence-corrected chi connectivity index (χ1v) is 6.51. The molecule has 0 fully saturated rings. The summed E-state index contributed by atoms with van der Waals surface area (Å²) in [6, 6.07) is 6.32. The monoisotopic (exact) mass is 244 g/mol. The molecule has 4 nitrogen and oxygen atoms in total. The molecule has 1 unspecified atom stereocenters. The fraction of sp³-hybridized carbons (Fsp3) is 0.429. The predicted octanol–water partition coefficient (Wildman–Crippen LogP) is 2.39. The summed E-state index contributed by atoms with van der Waals surface area (Å²) in [4.78, 5) is 4.21. The number of nitrogens with one attached hydrogen (secondary N) is 1. The van der Waals surface area contributed by atoms with Crippen molar-refractivity contribution in [1.82, 2.24) is 20.1 Å². The first-order valence-electron chi connectivity index (χ1n) is 6.51. The van der Waals surface area contributed by atoms with Crippen molar-refractivity contribution in [2.24, 2.45) is 0 Å². The van der Waals surface area contributed by atoms with Gasteiger partial charge in [0.1, 0.15) is 0 Å². The second-order valence-electron chi connectivity index (χ2n) is 4.25. The van der Waals surface area contributed by atoms with Crippen molar-refractivity contribution in [3.8, 4) is 0 Å². The molecule has 1 N–H and O–H groups in total. The van der Waals surface area contributed by atoms with Gasteiger partial charge in [0.2, 0.25) is 0 Å². The Hall–Kier alpha value is -1.68. The molecule has 18 heavy (non-hydrogen) atoms. The van der Waals surface area contributed by atoms with E-state index in [0.29, 0.717) is 0 Å². The van der Waals surface area contributed by atoms with Crippen LogP contribution in [0, 0.1) is 0 Å². The molecule has 2 aromatic rings. The van der Waals surface area contributed by atoms with Gasteiger partial charge in [0.25, 0.3) is 0 Å². The van der Waals surface area contributed by atoms with Gasteiger partial charge in [0.05, 0.1) is 11.7 Å². The molecule has 2 heterocycles. The van der Waals surface area contributed by atoms with Gasteiger partial charge in [-0.15, -0.1) is 0 Å². The van der Waals surface area contributed by atoms with E-state index in [9.17, 15) is 0 Å². The Labute approximate surface area is 108 Å². The van der Waals surface area contributed by atoms with Crippen LogP contribution < -0.4 is 5.32 Å². The number of aryl methyl sites for hydroxylation is 1. The Bertz CT molecular complexity index is 464. The lowest BCUT2D eigenvalue weighted by Gasteiger charge is -2.19. The lowest BCUT2D eigenvalue weighted by molar-refractivity contribution is 0.529. The zero-order valence-electron chi connectivity index (χ0n) is 11.0. The number of rotatable bonds is 6. The Morgan fingerprint density at radius 2 is 2.17 bits per heavy atom. The van der Waals surface area contributed by atoms with Gasteiger partial charge in [-0.3, -0.25) is 9.67 Å².